The monoisotopic (exact) mass is 250 g/mol. The Bertz CT molecular complexity index is 506. The Balaban J connectivity index is 2.05. The first-order valence-electron chi connectivity index (χ1n) is 5.63. The summed E-state index contributed by atoms with van der Waals surface area (Å²) in [5.74, 6) is -1.23. The molecule has 1 aromatic heterocycles. The van der Waals surface area contributed by atoms with E-state index in [4.69, 9.17) is 5.11 Å². The van der Waals surface area contributed by atoms with Gasteiger partial charge in [0.15, 0.2) is 5.69 Å². The third-order valence-corrected chi connectivity index (χ3v) is 2.78. The SMILES string of the molecule is CC1=CCN(C(=O)c2cn(CC(=O)O)nn2)CC1. The van der Waals surface area contributed by atoms with E-state index in [0.717, 1.165) is 11.1 Å². The number of hydrogen-bond acceptors (Lipinski definition) is 4. The quantitative estimate of drug-likeness (QED) is 0.772. The van der Waals surface area contributed by atoms with Crippen molar-refractivity contribution in [2.45, 2.75) is 19.9 Å². The van der Waals surface area contributed by atoms with Crippen LogP contribution < -0.4 is 0 Å². The molecule has 1 aliphatic heterocycles. The largest absolute Gasteiger partial charge is 0.480 e. The fourth-order valence-electron chi connectivity index (χ4n) is 1.73. The molecule has 0 bridgehead atoms. The Labute approximate surface area is 104 Å². The zero-order valence-electron chi connectivity index (χ0n) is 10.0. The van der Waals surface area contributed by atoms with Crippen LogP contribution in [0.25, 0.3) is 0 Å². The maximum absolute atomic E-state index is 12.0. The topological polar surface area (TPSA) is 88.3 Å². The standard InChI is InChI=1S/C11H14N4O3/c1-8-2-4-14(5-3-8)11(18)9-6-15(13-12-9)7-10(16)17/h2,6H,3-5,7H2,1H3,(H,16,17). The highest BCUT2D eigenvalue weighted by Crippen LogP contribution is 2.11. The van der Waals surface area contributed by atoms with Crippen molar-refractivity contribution < 1.29 is 14.7 Å². The number of hydrogen-bond donors (Lipinski definition) is 1. The second-order valence-corrected chi connectivity index (χ2v) is 4.25. The highest BCUT2D eigenvalue weighted by Gasteiger charge is 2.20. The number of carboxylic acids is 1. The summed E-state index contributed by atoms with van der Waals surface area (Å²) in [5, 5.41) is 15.9. The van der Waals surface area contributed by atoms with Crippen LogP contribution in [0.2, 0.25) is 0 Å². The summed E-state index contributed by atoms with van der Waals surface area (Å²) in [6.45, 7) is 2.97. The molecule has 1 amide bonds. The van der Waals surface area contributed by atoms with E-state index in [9.17, 15) is 9.59 Å². The summed E-state index contributed by atoms with van der Waals surface area (Å²) in [5.41, 5.74) is 1.46. The molecule has 0 radical (unpaired) electrons. The molecule has 1 aliphatic rings. The molecule has 0 spiro atoms. The van der Waals surface area contributed by atoms with E-state index >= 15 is 0 Å². The van der Waals surface area contributed by atoms with E-state index in [1.807, 2.05) is 13.0 Å². The van der Waals surface area contributed by atoms with Gasteiger partial charge < -0.3 is 10.0 Å². The lowest BCUT2D eigenvalue weighted by atomic mass is 10.1. The highest BCUT2D eigenvalue weighted by atomic mass is 16.4. The lowest BCUT2D eigenvalue weighted by Crippen LogP contribution is -2.34. The van der Waals surface area contributed by atoms with Crippen LogP contribution in [0.3, 0.4) is 0 Å². The third-order valence-electron chi connectivity index (χ3n) is 2.78. The van der Waals surface area contributed by atoms with Gasteiger partial charge >= 0.3 is 5.97 Å². The van der Waals surface area contributed by atoms with Gasteiger partial charge in [-0.15, -0.1) is 5.10 Å². The summed E-state index contributed by atoms with van der Waals surface area (Å²) in [7, 11) is 0. The Hall–Kier alpha value is -2.18. The van der Waals surface area contributed by atoms with Crippen LogP contribution in [-0.2, 0) is 11.3 Å². The molecule has 7 heteroatoms. The summed E-state index contributed by atoms with van der Waals surface area (Å²) in [4.78, 5) is 24.2. The molecule has 2 rings (SSSR count). The molecule has 18 heavy (non-hydrogen) atoms. The minimum absolute atomic E-state index is 0.184. The first-order chi connectivity index (χ1) is 8.56. The van der Waals surface area contributed by atoms with Gasteiger partial charge in [0.2, 0.25) is 0 Å². The van der Waals surface area contributed by atoms with Crippen LogP contribution in [0.4, 0.5) is 0 Å². The normalized spacial score (nSPS) is 15.4. The van der Waals surface area contributed by atoms with Crippen LogP contribution >= 0.6 is 0 Å². The van der Waals surface area contributed by atoms with Crippen molar-refractivity contribution in [2.75, 3.05) is 13.1 Å². The maximum Gasteiger partial charge on any atom is 0.325 e. The minimum atomic E-state index is -1.02. The van der Waals surface area contributed by atoms with Crippen molar-refractivity contribution in [3.8, 4) is 0 Å². The van der Waals surface area contributed by atoms with Gasteiger partial charge in [-0.05, 0) is 13.3 Å². The Morgan fingerprint density at radius 2 is 2.28 bits per heavy atom. The number of carbonyl (C=O) groups is 2. The van der Waals surface area contributed by atoms with Crippen molar-refractivity contribution in [1.82, 2.24) is 19.9 Å². The first-order valence-corrected chi connectivity index (χ1v) is 5.63. The van der Waals surface area contributed by atoms with Gasteiger partial charge in [-0.2, -0.15) is 0 Å². The summed E-state index contributed by atoms with van der Waals surface area (Å²) >= 11 is 0. The van der Waals surface area contributed by atoms with Gasteiger partial charge in [0.05, 0.1) is 6.20 Å². The molecule has 0 saturated carbocycles. The number of carbonyl (C=O) groups excluding carboxylic acids is 1. The molecule has 0 unspecified atom stereocenters. The number of aliphatic carboxylic acids is 1. The number of rotatable bonds is 3. The second kappa shape index (κ2) is 4.99. The van der Waals surface area contributed by atoms with E-state index < -0.39 is 5.97 Å². The lowest BCUT2D eigenvalue weighted by molar-refractivity contribution is -0.137. The van der Waals surface area contributed by atoms with Gasteiger partial charge in [-0.25, -0.2) is 4.68 Å². The molecule has 1 N–H and O–H groups in total. The zero-order valence-corrected chi connectivity index (χ0v) is 10.0. The van der Waals surface area contributed by atoms with E-state index in [0.29, 0.717) is 13.1 Å². The van der Waals surface area contributed by atoms with E-state index in [2.05, 4.69) is 10.3 Å². The van der Waals surface area contributed by atoms with Crippen LogP contribution in [0.5, 0.6) is 0 Å². The fourth-order valence-corrected chi connectivity index (χ4v) is 1.73. The maximum atomic E-state index is 12.0. The van der Waals surface area contributed by atoms with Gasteiger partial charge in [-0.1, -0.05) is 16.9 Å². The van der Waals surface area contributed by atoms with Crippen LogP contribution in [0.1, 0.15) is 23.8 Å². The molecule has 0 aromatic carbocycles. The second-order valence-electron chi connectivity index (χ2n) is 4.25. The first kappa shape index (κ1) is 12.3. The average molecular weight is 250 g/mol. The molecule has 7 nitrogen and oxygen atoms in total. The van der Waals surface area contributed by atoms with Gasteiger partial charge in [-0.3, -0.25) is 9.59 Å². The molecule has 96 valence electrons. The number of amides is 1. The van der Waals surface area contributed by atoms with Crippen LogP contribution in [-0.4, -0.2) is 50.0 Å². The summed E-state index contributed by atoms with van der Waals surface area (Å²) in [6, 6.07) is 0. The van der Waals surface area contributed by atoms with Crippen LogP contribution in [0.15, 0.2) is 17.8 Å². The molecule has 2 heterocycles. The average Bonchev–Trinajstić information content (AvgIpc) is 2.76. The number of aromatic nitrogens is 3. The summed E-state index contributed by atoms with van der Waals surface area (Å²) in [6.07, 6.45) is 4.22. The zero-order chi connectivity index (χ0) is 13.1. The number of carboxylic acid groups (broad SMARTS) is 1. The van der Waals surface area contributed by atoms with E-state index in [-0.39, 0.29) is 18.1 Å². The molecular weight excluding hydrogens is 236 g/mol. The predicted molar refractivity (Wildman–Crippen MR) is 61.9 cm³/mol. The van der Waals surface area contributed by atoms with Crippen LogP contribution in [0, 0.1) is 0 Å². The summed E-state index contributed by atoms with van der Waals surface area (Å²) < 4.78 is 1.14. The Morgan fingerprint density at radius 3 is 2.89 bits per heavy atom. The highest BCUT2D eigenvalue weighted by molar-refractivity contribution is 5.92. The molecule has 0 fully saturated rings. The minimum Gasteiger partial charge on any atom is -0.480 e. The molecule has 0 atom stereocenters. The molecular formula is C11H14N4O3. The van der Waals surface area contributed by atoms with Crippen molar-refractivity contribution >= 4 is 11.9 Å². The van der Waals surface area contributed by atoms with Crippen molar-refractivity contribution in [3.05, 3.63) is 23.5 Å². The van der Waals surface area contributed by atoms with E-state index in [1.54, 1.807) is 4.90 Å². The predicted octanol–water partition coefficient (Wildman–Crippen LogP) is 0.155. The number of nitrogens with zero attached hydrogens (tertiary/aromatic N) is 4. The lowest BCUT2D eigenvalue weighted by Gasteiger charge is -2.24. The van der Waals surface area contributed by atoms with Crippen molar-refractivity contribution in [3.63, 3.8) is 0 Å². The Morgan fingerprint density at radius 1 is 1.50 bits per heavy atom. The fraction of sp³-hybridized carbons (Fsp3) is 0.455. The molecule has 0 saturated heterocycles. The Kier molecular flexibility index (Phi) is 3.40. The molecule has 0 aliphatic carbocycles. The van der Waals surface area contributed by atoms with E-state index in [1.165, 1.54) is 11.8 Å². The van der Waals surface area contributed by atoms with Crippen molar-refractivity contribution in [1.29, 1.82) is 0 Å². The smallest absolute Gasteiger partial charge is 0.325 e. The third kappa shape index (κ3) is 2.73. The van der Waals surface area contributed by atoms with Gasteiger partial charge in [0.25, 0.3) is 5.91 Å². The van der Waals surface area contributed by atoms with Gasteiger partial charge in [0.1, 0.15) is 6.54 Å². The molecule has 1 aromatic rings. The van der Waals surface area contributed by atoms with Crippen molar-refractivity contribution in [2.24, 2.45) is 0 Å². The van der Waals surface area contributed by atoms with Gasteiger partial charge in [0, 0.05) is 13.1 Å².